The van der Waals surface area contributed by atoms with E-state index in [0.717, 1.165) is 6.42 Å². The Kier molecular flexibility index (Phi) is 5.71. The fourth-order valence-corrected chi connectivity index (χ4v) is 2.93. The second-order valence-electron chi connectivity index (χ2n) is 6.51. The molecular formula is C16H24FNO3S. The number of halogens is 1. The highest BCUT2D eigenvalue weighted by atomic mass is 32.2. The fourth-order valence-electron chi connectivity index (χ4n) is 2.13. The van der Waals surface area contributed by atoms with Crippen LogP contribution in [-0.4, -0.2) is 28.6 Å². The number of hydrogen-bond donors (Lipinski definition) is 1. The molecule has 6 heteroatoms. The lowest BCUT2D eigenvalue weighted by molar-refractivity contribution is 0.141. The van der Waals surface area contributed by atoms with Crippen LogP contribution >= 0.6 is 0 Å². The van der Waals surface area contributed by atoms with Crippen molar-refractivity contribution in [3.63, 3.8) is 0 Å². The van der Waals surface area contributed by atoms with E-state index in [0.29, 0.717) is 24.5 Å². The average Bonchev–Trinajstić information content (AvgIpc) is 2.92. The highest BCUT2D eigenvalue weighted by Gasteiger charge is 2.29. The molecule has 22 heavy (non-hydrogen) atoms. The van der Waals surface area contributed by atoms with Crippen LogP contribution in [0.3, 0.4) is 0 Å². The van der Waals surface area contributed by atoms with Gasteiger partial charge in [0.2, 0.25) is 0 Å². The third-order valence-electron chi connectivity index (χ3n) is 3.46. The number of benzene rings is 1. The highest BCUT2D eigenvalue weighted by molar-refractivity contribution is 7.90. The maximum Gasteiger partial charge on any atom is 0.136 e. The highest BCUT2D eigenvalue weighted by Crippen LogP contribution is 2.26. The summed E-state index contributed by atoms with van der Waals surface area (Å²) in [6.07, 6.45) is 0.861. The lowest BCUT2D eigenvalue weighted by atomic mass is 10.1. The molecule has 1 unspecified atom stereocenters. The summed E-state index contributed by atoms with van der Waals surface area (Å²) in [5, 5.41) is 0. The lowest BCUT2D eigenvalue weighted by Crippen LogP contribution is -2.40. The molecule has 2 rings (SSSR count). The molecule has 4 nitrogen and oxygen atoms in total. The maximum absolute atomic E-state index is 14.1. The molecule has 1 aliphatic heterocycles. The van der Waals surface area contributed by atoms with Crippen molar-refractivity contribution in [3.8, 4) is 5.75 Å². The summed E-state index contributed by atoms with van der Waals surface area (Å²) in [6.45, 7) is 8.68. The van der Waals surface area contributed by atoms with Crippen molar-refractivity contribution in [1.82, 2.24) is 4.72 Å². The van der Waals surface area contributed by atoms with Gasteiger partial charge in [0.05, 0.1) is 19.3 Å². The summed E-state index contributed by atoms with van der Waals surface area (Å²) in [7, 11) is 0. The maximum atomic E-state index is 14.1. The van der Waals surface area contributed by atoms with Crippen LogP contribution in [0.25, 0.3) is 0 Å². The summed E-state index contributed by atoms with van der Waals surface area (Å²) in [4.78, 5) is 0. The normalized spacial score (nSPS) is 21.6. The first-order chi connectivity index (χ1) is 10.3. The largest absolute Gasteiger partial charge is 0.598 e. The summed E-state index contributed by atoms with van der Waals surface area (Å²) in [5.74, 6) is 0.281. The quantitative estimate of drug-likeness (QED) is 0.844. The number of ether oxygens (including phenoxy) is 2. The van der Waals surface area contributed by atoms with Gasteiger partial charge in [-0.25, -0.2) is 4.39 Å². The molecule has 0 aromatic heterocycles. The fraction of sp³-hybridized carbons (Fsp3) is 0.625. The van der Waals surface area contributed by atoms with E-state index in [1.54, 1.807) is 19.1 Å². The minimum Gasteiger partial charge on any atom is -0.598 e. The van der Waals surface area contributed by atoms with Gasteiger partial charge in [0, 0.05) is 23.3 Å². The van der Waals surface area contributed by atoms with Crippen molar-refractivity contribution in [2.75, 3.05) is 13.2 Å². The van der Waals surface area contributed by atoms with Gasteiger partial charge in [0.1, 0.15) is 22.4 Å². The molecule has 3 atom stereocenters. The minimum atomic E-state index is -1.26. The van der Waals surface area contributed by atoms with Gasteiger partial charge in [-0.15, -0.1) is 4.72 Å². The zero-order valence-corrected chi connectivity index (χ0v) is 14.3. The molecule has 0 radical (unpaired) electrons. The van der Waals surface area contributed by atoms with E-state index < -0.39 is 16.1 Å². The van der Waals surface area contributed by atoms with E-state index in [1.165, 1.54) is 6.07 Å². The van der Waals surface area contributed by atoms with E-state index >= 15 is 0 Å². The second kappa shape index (κ2) is 7.17. The van der Waals surface area contributed by atoms with Crippen molar-refractivity contribution in [3.05, 3.63) is 29.6 Å². The van der Waals surface area contributed by atoms with Crippen LogP contribution in [0.15, 0.2) is 18.2 Å². The van der Waals surface area contributed by atoms with E-state index in [2.05, 4.69) is 4.72 Å². The molecule has 0 saturated carbocycles. The summed E-state index contributed by atoms with van der Waals surface area (Å²) >= 11 is -1.26. The minimum absolute atomic E-state index is 0.0188. The average molecular weight is 329 g/mol. The zero-order chi connectivity index (χ0) is 16.3. The standard InChI is InChI=1S/C16H24FNO3S/c1-11(18-22(19)16(2,3)4)14-9-12(5-6-15(14)17)21-13-7-8-20-10-13/h5-6,9,11,13,18H,7-8,10H2,1-4H3/t11?,13-,22-/m1/s1. The van der Waals surface area contributed by atoms with Gasteiger partial charge in [-0.1, -0.05) is 0 Å². The molecule has 0 amide bonds. The molecule has 1 N–H and O–H groups in total. The Balaban J connectivity index is 2.08. The Hall–Kier alpha value is -0.820. The number of rotatable bonds is 5. The number of hydrogen-bond acceptors (Lipinski definition) is 4. The van der Waals surface area contributed by atoms with E-state index in [4.69, 9.17) is 9.47 Å². The van der Waals surface area contributed by atoms with Gasteiger partial charge in [-0.3, -0.25) is 0 Å². The van der Waals surface area contributed by atoms with Crippen LogP contribution in [0.2, 0.25) is 0 Å². The first-order valence-electron chi connectivity index (χ1n) is 7.49. The topological polar surface area (TPSA) is 53.5 Å². The van der Waals surface area contributed by atoms with Crippen LogP contribution in [-0.2, 0) is 16.1 Å². The van der Waals surface area contributed by atoms with Gasteiger partial charge in [-0.2, -0.15) is 0 Å². The summed E-state index contributed by atoms with van der Waals surface area (Å²) < 4.78 is 39.8. The summed E-state index contributed by atoms with van der Waals surface area (Å²) in [5.41, 5.74) is 0.453. The molecule has 1 aliphatic rings. The monoisotopic (exact) mass is 329 g/mol. The third-order valence-corrected chi connectivity index (χ3v) is 5.14. The van der Waals surface area contributed by atoms with Crippen molar-refractivity contribution in [2.24, 2.45) is 0 Å². The summed E-state index contributed by atoms with van der Waals surface area (Å²) in [6, 6.07) is 4.30. The Bertz CT molecular complexity index is 501. The van der Waals surface area contributed by atoms with Crippen LogP contribution in [0, 0.1) is 5.82 Å². The van der Waals surface area contributed by atoms with Crippen LogP contribution in [0.1, 0.15) is 45.7 Å². The molecule has 1 aromatic carbocycles. The van der Waals surface area contributed by atoms with Gasteiger partial charge in [0.25, 0.3) is 0 Å². The number of nitrogens with one attached hydrogen (secondary N) is 1. The van der Waals surface area contributed by atoms with Gasteiger partial charge < -0.3 is 14.0 Å². The molecule has 1 saturated heterocycles. The van der Waals surface area contributed by atoms with Crippen molar-refractivity contribution < 1.29 is 18.4 Å². The van der Waals surface area contributed by atoms with E-state index in [9.17, 15) is 8.94 Å². The van der Waals surface area contributed by atoms with Crippen molar-refractivity contribution in [1.29, 1.82) is 0 Å². The Morgan fingerprint density at radius 1 is 1.45 bits per heavy atom. The van der Waals surface area contributed by atoms with Gasteiger partial charge in [0.15, 0.2) is 0 Å². The van der Waals surface area contributed by atoms with Crippen molar-refractivity contribution >= 4 is 11.4 Å². The molecule has 1 heterocycles. The predicted octanol–water partition coefficient (Wildman–Crippen LogP) is 3.11. The Morgan fingerprint density at radius 2 is 2.18 bits per heavy atom. The zero-order valence-electron chi connectivity index (χ0n) is 13.5. The molecule has 1 fully saturated rings. The van der Waals surface area contributed by atoms with E-state index in [1.807, 2.05) is 20.8 Å². The van der Waals surface area contributed by atoms with Crippen molar-refractivity contribution in [2.45, 2.75) is 51.0 Å². The SMILES string of the molecule is CC(N[S@+]([O-])C(C)(C)C)c1cc(O[C@@H]2CCOC2)ccc1F. The molecule has 0 spiro atoms. The lowest BCUT2D eigenvalue weighted by Gasteiger charge is -2.27. The van der Waals surface area contributed by atoms with Gasteiger partial charge >= 0.3 is 0 Å². The molecular weight excluding hydrogens is 305 g/mol. The predicted molar refractivity (Wildman–Crippen MR) is 85.7 cm³/mol. The molecule has 124 valence electrons. The van der Waals surface area contributed by atoms with Gasteiger partial charge in [-0.05, 0) is 45.9 Å². The first-order valence-corrected chi connectivity index (χ1v) is 8.64. The van der Waals surface area contributed by atoms with Crippen LogP contribution < -0.4 is 9.46 Å². The molecule has 1 aromatic rings. The first kappa shape index (κ1) is 17.5. The Morgan fingerprint density at radius 3 is 2.77 bits per heavy atom. The smallest absolute Gasteiger partial charge is 0.136 e. The third kappa shape index (κ3) is 4.59. The van der Waals surface area contributed by atoms with Crippen LogP contribution in [0.5, 0.6) is 5.75 Å². The second-order valence-corrected chi connectivity index (χ2v) is 8.51. The van der Waals surface area contributed by atoms with Crippen LogP contribution in [0.4, 0.5) is 4.39 Å². The van der Waals surface area contributed by atoms with E-state index in [-0.39, 0.29) is 18.0 Å². The molecule has 0 aliphatic carbocycles. The Labute approximate surface area is 134 Å². The molecule has 0 bridgehead atoms.